The summed E-state index contributed by atoms with van der Waals surface area (Å²) in [6.07, 6.45) is 4.02. The van der Waals surface area contributed by atoms with Crippen molar-refractivity contribution in [3.8, 4) is 28.9 Å². The van der Waals surface area contributed by atoms with Gasteiger partial charge in [0.15, 0.2) is 17.8 Å². The maximum atomic E-state index is 13.7. The summed E-state index contributed by atoms with van der Waals surface area (Å²) in [6, 6.07) is 12.0. The number of nitriles is 1. The summed E-state index contributed by atoms with van der Waals surface area (Å²) in [6.45, 7) is 1.36. The molecule has 4 rings (SSSR count). The summed E-state index contributed by atoms with van der Waals surface area (Å²) in [5.74, 6) is -0.511. The first kappa shape index (κ1) is 18.7. The second-order valence-electron chi connectivity index (χ2n) is 6.94. The third-order valence-corrected chi connectivity index (χ3v) is 4.92. The van der Waals surface area contributed by atoms with Crippen LogP contribution in [0.25, 0.3) is 11.3 Å². The lowest BCUT2D eigenvalue weighted by Gasteiger charge is -2.29. The number of halogens is 2. The second kappa shape index (κ2) is 7.80. The minimum Gasteiger partial charge on any atom is -0.454 e. The van der Waals surface area contributed by atoms with Crippen LogP contribution in [0, 0.1) is 23.1 Å². The summed E-state index contributed by atoms with van der Waals surface area (Å²) < 4.78 is 34.0. The first-order valence-corrected chi connectivity index (χ1v) is 9.26. The van der Waals surface area contributed by atoms with Crippen molar-refractivity contribution in [2.75, 3.05) is 18.8 Å². The van der Waals surface area contributed by atoms with Crippen LogP contribution < -0.4 is 10.5 Å². The molecule has 0 bridgehead atoms. The molecule has 1 saturated heterocycles. The fourth-order valence-electron chi connectivity index (χ4n) is 3.47. The number of hydrogen-bond acceptors (Lipinski definition) is 5. The van der Waals surface area contributed by atoms with Gasteiger partial charge in [-0.3, -0.25) is 0 Å². The molecule has 8 heteroatoms. The Morgan fingerprint density at radius 2 is 1.93 bits per heavy atom. The molecule has 0 aliphatic carbocycles. The number of benzene rings is 2. The fraction of sp³-hybridized carbons (Fsp3) is 0.238. The van der Waals surface area contributed by atoms with Crippen LogP contribution in [0.3, 0.4) is 0 Å². The van der Waals surface area contributed by atoms with Crippen LogP contribution in [0.15, 0.2) is 48.5 Å². The van der Waals surface area contributed by atoms with Crippen molar-refractivity contribution in [1.82, 2.24) is 14.7 Å². The number of rotatable bonds is 4. The van der Waals surface area contributed by atoms with Gasteiger partial charge >= 0.3 is 0 Å². The molecule has 1 aromatic heterocycles. The monoisotopic (exact) mass is 395 g/mol. The predicted molar refractivity (Wildman–Crippen MR) is 104 cm³/mol. The van der Waals surface area contributed by atoms with E-state index in [9.17, 15) is 8.78 Å². The zero-order valence-electron chi connectivity index (χ0n) is 15.6. The molecule has 0 unspecified atom stereocenters. The van der Waals surface area contributed by atoms with E-state index in [2.05, 4.69) is 11.3 Å². The molecule has 3 aromatic rings. The molecule has 29 heavy (non-hydrogen) atoms. The molecule has 0 spiro atoms. The van der Waals surface area contributed by atoms with Crippen molar-refractivity contribution in [1.29, 1.82) is 5.26 Å². The molecule has 0 saturated carbocycles. The molecule has 6 nitrogen and oxygen atoms in total. The van der Waals surface area contributed by atoms with Gasteiger partial charge in [0.25, 0.3) is 0 Å². The standard InChI is InChI=1S/C21H19F2N5O/c22-15-5-8-20(18(23)10-15)29-17-6-3-14(4-7-17)19-11-21(25)28(26-19)16-2-1-9-27(12-16)13-24/h3-8,10-11,16H,1-2,9,12,25H2/t16-/m1/s1. The fourth-order valence-corrected chi connectivity index (χ4v) is 3.47. The average molecular weight is 395 g/mol. The maximum absolute atomic E-state index is 13.7. The van der Waals surface area contributed by atoms with Crippen molar-refractivity contribution in [2.24, 2.45) is 0 Å². The molecule has 1 aliphatic heterocycles. The number of nitrogens with two attached hydrogens (primary N) is 1. The van der Waals surface area contributed by atoms with E-state index in [1.165, 1.54) is 6.07 Å². The summed E-state index contributed by atoms with van der Waals surface area (Å²) in [4.78, 5) is 1.72. The van der Waals surface area contributed by atoms with Crippen LogP contribution in [0.5, 0.6) is 11.5 Å². The third kappa shape index (κ3) is 3.99. The van der Waals surface area contributed by atoms with Gasteiger partial charge in [0.05, 0.1) is 18.3 Å². The quantitative estimate of drug-likeness (QED) is 0.666. The molecule has 2 N–H and O–H groups in total. The van der Waals surface area contributed by atoms with E-state index >= 15 is 0 Å². The molecule has 2 heterocycles. The van der Waals surface area contributed by atoms with E-state index in [1.807, 2.05) is 0 Å². The van der Waals surface area contributed by atoms with E-state index in [4.69, 9.17) is 15.7 Å². The van der Waals surface area contributed by atoms with Crippen LogP contribution in [0.1, 0.15) is 18.9 Å². The number of ether oxygens (including phenoxy) is 1. The molecular weight excluding hydrogens is 376 g/mol. The Kier molecular flexibility index (Phi) is 5.04. The number of piperidine rings is 1. The molecule has 1 aliphatic rings. The van der Waals surface area contributed by atoms with Gasteiger partial charge in [-0.05, 0) is 49.2 Å². The summed E-state index contributed by atoms with van der Waals surface area (Å²) in [7, 11) is 0. The number of nitrogen functional groups attached to an aromatic ring is 1. The Balaban J connectivity index is 1.51. The zero-order valence-corrected chi connectivity index (χ0v) is 15.6. The Hall–Kier alpha value is -3.60. The molecule has 0 radical (unpaired) electrons. The Morgan fingerprint density at radius 1 is 1.14 bits per heavy atom. The topological polar surface area (TPSA) is 80.1 Å². The highest BCUT2D eigenvalue weighted by atomic mass is 19.1. The minimum absolute atomic E-state index is 0.0491. The molecule has 148 valence electrons. The van der Waals surface area contributed by atoms with Gasteiger partial charge in [-0.1, -0.05) is 0 Å². The lowest BCUT2D eigenvalue weighted by atomic mass is 10.1. The molecule has 0 amide bonds. The Labute approximate surface area is 166 Å². The van der Waals surface area contributed by atoms with Gasteiger partial charge in [0.2, 0.25) is 0 Å². The summed E-state index contributed by atoms with van der Waals surface area (Å²) in [5.41, 5.74) is 7.69. The number of hydrogen-bond donors (Lipinski definition) is 1. The third-order valence-electron chi connectivity index (χ3n) is 4.92. The van der Waals surface area contributed by atoms with Gasteiger partial charge in [-0.25, -0.2) is 13.5 Å². The van der Waals surface area contributed by atoms with Gasteiger partial charge in [-0.15, -0.1) is 0 Å². The average Bonchev–Trinajstić information content (AvgIpc) is 3.12. The van der Waals surface area contributed by atoms with E-state index in [0.29, 0.717) is 23.8 Å². The van der Waals surface area contributed by atoms with Gasteiger partial charge in [0, 0.05) is 24.2 Å². The lowest BCUT2D eigenvalue weighted by molar-refractivity contribution is 0.235. The van der Waals surface area contributed by atoms with Crippen molar-refractivity contribution >= 4 is 5.82 Å². The van der Waals surface area contributed by atoms with E-state index < -0.39 is 11.6 Å². The van der Waals surface area contributed by atoms with Crippen LogP contribution in [-0.4, -0.2) is 27.8 Å². The lowest BCUT2D eigenvalue weighted by Crippen LogP contribution is -2.34. The second-order valence-corrected chi connectivity index (χ2v) is 6.94. The Bertz CT molecular complexity index is 1060. The van der Waals surface area contributed by atoms with Gasteiger partial charge in [-0.2, -0.15) is 10.4 Å². The molecular formula is C21H19F2N5O. The van der Waals surface area contributed by atoms with E-state index in [0.717, 1.165) is 37.1 Å². The number of aromatic nitrogens is 2. The number of likely N-dealkylation sites (tertiary alicyclic amines) is 1. The van der Waals surface area contributed by atoms with Crippen molar-refractivity contribution < 1.29 is 13.5 Å². The van der Waals surface area contributed by atoms with E-state index in [-0.39, 0.29) is 11.8 Å². The first-order chi connectivity index (χ1) is 14.0. The highest BCUT2D eigenvalue weighted by molar-refractivity contribution is 5.63. The zero-order chi connectivity index (χ0) is 20.4. The normalized spacial score (nSPS) is 16.4. The molecule has 2 aromatic carbocycles. The van der Waals surface area contributed by atoms with Gasteiger partial charge < -0.3 is 15.4 Å². The largest absolute Gasteiger partial charge is 0.454 e. The van der Waals surface area contributed by atoms with Crippen molar-refractivity contribution in [2.45, 2.75) is 18.9 Å². The SMILES string of the molecule is N#CN1CCC[C@@H](n2nc(-c3ccc(Oc4ccc(F)cc4F)cc3)cc2N)C1. The smallest absolute Gasteiger partial charge is 0.179 e. The maximum Gasteiger partial charge on any atom is 0.179 e. The van der Waals surface area contributed by atoms with Gasteiger partial charge in [0.1, 0.15) is 17.4 Å². The first-order valence-electron chi connectivity index (χ1n) is 9.26. The van der Waals surface area contributed by atoms with Crippen LogP contribution in [-0.2, 0) is 0 Å². The highest BCUT2D eigenvalue weighted by Crippen LogP contribution is 2.30. The summed E-state index contributed by atoms with van der Waals surface area (Å²) in [5, 5.41) is 13.8. The van der Waals surface area contributed by atoms with Crippen LogP contribution >= 0.6 is 0 Å². The number of nitrogens with zero attached hydrogens (tertiary/aromatic N) is 4. The molecule has 1 atom stereocenters. The van der Waals surface area contributed by atoms with Crippen LogP contribution in [0.4, 0.5) is 14.6 Å². The van der Waals surface area contributed by atoms with Crippen molar-refractivity contribution in [3.63, 3.8) is 0 Å². The predicted octanol–water partition coefficient (Wildman–Crippen LogP) is 4.32. The van der Waals surface area contributed by atoms with E-state index in [1.54, 1.807) is 39.9 Å². The summed E-state index contributed by atoms with van der Waals surface area (Å²) >= 11 is 0. The highest BCUT2D eigenvalue weighted by Gasteiger charge is 2.23. The van der Waals surface area contributed by atoms with Crippen LogP contribution in [0.2, 0.25) is 0 Å². The minimum atomic E-state index is -0.764. The molecule has 1 fully saturated rings. The van der Waals surface area contributed by atoms with Crippen molar-refractivity contribution in [3.05, 3.63) is 60.2 Å². The number of anilines is 1. The Morgan fingerprint density at radius 3 is 2.66 bits per heavy atom.